The van der Waals surface area contributed by atoms with Crippen LogP contribution in [0.4, 0.5) is 0 Å². The van der Waals surface area contributed by atoms with Crippen molar-refractivity contribution in [3.63, 3.8) is 0 Å². The van der Waals surface area contributed by atoms with Gasteiger partial charge in [0.1, 0.15) is 0 Å². The molecule has 2 aromatic carbocycles. The van der Waals surface area contributed by atoms with Crippen molar-refractivity contribution in [3.8, 4) is 0 Å². The average molecular weight is 247 g/mol. The van der Waals surface area contributed by atoms with Crippen LogP contribution in [-0.4, -0.2) is 9.07 Å². The molecule has 3 heteroatoms. The minimum atomic E-state index is -0.0711. The van der Waals surface area contributed by atoms with Gasteiger partial charge in [-0.2, -0.15) is 0 Å². The zero-order chi connectivity index (χ0) is 11.2. The molecular weight excluding hydrogens is 236 g/mol. The number of hydrogen-bond acceptors (Lipinski definition) is 1. The second kappa shape index (κ2) is 5.85. The van der Waals surface area contributed by atoms with Crippen LogP contribution in [0.3, 0.4) is 0 Å². The van der Waals surface area contributed by atoms with Crippen LogP contribution in [0.25, 0.3) is 0 Å². The molecule has 0 aliphatic rings. The van der Waals surface area contributed by atoms with Crippen LogP contribution in [0.1, 0.15) is 17.2 Å². The van der Waals surface area contributed by atoms with Crippen LogP contribution in [0.15, 0.2) is 60.7 Å². The van der Waals surface area contributed by atoms with Gasteiger partial charge in [-0.3, -0.25) is 0 Å². The van der Waals surface area contributed by atoms with E-state index in [2.05, 4.69) is 24.3 Å². The molecule has 0 atom stereocenters. The van der Waals surface area contributed by atoms with E-state index in [-0.39, 0.29) is 15.2 Å². The molecule has 0 unspecified atom stereocenters. The first-order chi connectivity index (χ1) is 7.92. The zero-order valence-corrected chi connectivity index (χ0v) is 10.4. The van der Waals surface area contributed by atoms with Crippen LogP contribution < -0.4 is 0 Å². The number of rotatable bonds is 4. The summed E-state index contributed by atoms with van der Waals surface area (Å²) in [7, 11) is -0.0386. The summed E-state index contributed by atoms with van der Waals surface area (Å²) < 4.78 is 5.61. The lowest BCUT2D eigenvalue weighted by Gasteiger charge is -2.17. The topological polar surface area (TPSA) is 9.23 Å². The van der Waals surface area contributed by atoms with E-state index in [0.717, 1.165) is 11.1 Å². The smallest absolute Gasteiger partial charge is 0.357 e. The van der Waals surface area contributed by atoms with Gasteiger partial charge in [0.2, 0.25) is 0 Å². The van der Waals surface area contributed by atoms with Gasteiger partial charge >= 0.3 is 9.07 Å². The van der Waals surface area contributed by atoms with Gasteiger partial charge in [-0.25, -0.2) is 0 Å². The second-order valence-corrected chi connectivity index (χ2v) is 4.25. The highest BCUT2D eigenvalue weighted by Crippen LogP contribution is 2.25. The Morgan fingerprint density at radius 2 is 1.25 bits per heavy atom. The summed E-state index contributed by atoms with van der Waals surface area (Å²) in [5, 5.41) is 0. The van der Waals surface area contributed by atoms with Gasteiger partial charge in [0, 0.05) is 0 Å². The fraction of sp³-hybridized carbons (Fsp3) is 0.0769. The third-order valence-corrected chi connectivity index (χ3v) is 2.96. The van der Waals surface area contributed by atoms with Crippen LogP contribution in [0.2, 0.25) is 0 Å². The maximum Gasteiger partial charge on any atom is 0.357 e. The Labute approximate surface area is 103 Å². The predicted octanol–water partition coefficient (Wildman–Crippen LogP) is 3.57. The average Bonchev–Trinajstić information content (AvgIpc) is 2.38. The standard InChI is InChI=1S/C13H11ClOSi/c14-16-15-13(11-7-3-1-4-8-11)12-9-5-2-6-10-12/h1-10,13H. The largest absolute Gasteiger partial charge is 0.391 e. The molecule has 0 spiro atoms. The molecule has 0 saturated heterocycles. The zero-order valence-electron chi connectivity index (χ0n) is 8.64. The van der Waals surface area contributed by atoms with Gasteiger partial charge in [-0.1, -0.05) is 60.7 Å². The van der Waals surface area contributed by atoms with Crippen LogP contribution >= 0.6 is 11.1 Å². The Morgan fingerprint density at radius 3 is 1.62 bits per heavy atom. The quantitative estimate of drug-likeness (QED) is 0.592. The molecule has 16 heavy (non-hydrogen) atoms. The fourth-order valence-corrected chi connectivity index (χ4v) is 2.26. The van der Waals surface area contributed by atoms with Crippen molar-refractivity contribution in [1.29, 1.82) is 0 Å². The summed E-state index contributed by atoms with van der Waals surface area (Å²) >= 11 is 5.70. The highest BCUT2D eigenvalue weighted by atomic mass is 35.6. The molecule has 0 fully saturated rings. The van der Waals surface area contributed by atoms with Crippen molar-refractivity contribution in [2.24, 2.45) is 0 Å². The molecule has 0 aliphatic carbocycles. The van der Waals surface area contributed by atoms with E-state index in [1.54, 1.807) is 0 Å². The molecule has 0 saturated carbocycles. The highest BCUT2D eigenvalue weighted by Gasteiger charge is 2.13. The lowest BCUT2D eigenvalue weighted by Crippen LogP contribution is -2.06. The molecule has 0 amide bonds. The maximum atomic E-state index is 5.70. The molecule has 2 radical (unpaired) electrons. The summed E-state index contributed by atoms with van der Waals surface area (Å²) in [5.41, 5.74) is 2.25. The van der Waals surface area contributed by atoms with Crippen LogP contribution in [-0.2, 0) is 4.43 Å². The minimum absolute atomic E-state index is 0.0386. The highest BCUT2D eigenvalue weighted by molar-refractivity contribution is 6.90. The third kappa shape index (κ3) is 2.73. The molecule has 0 heterocycles. The fourth-order valence-electron chi connectivity index (χ4n) is 1.63. The molecule has 0 bridgehead atoms. The van der Waals surface area contributed by atoms with Gasteiger partial charge in [-0.05, 0) is 11.1 Å². The van der Waals surface area contributed by atoms with Crippen molar-refractivity contribution in [2.45, 2.75) is 6.10 Å². The minimum Gasteiger partial charge on any atom is -0.391 e. The summed E-state index contributed by atoms with van der Waals surface area (Å²) in [4.78, 5) is 0. The summed E-state index contributed by atoms with van der Waals surface area (Å²) in [6.07, 6.45) is -0.0711. The Hall–Kier alpha value is -1.09. The van der Waals surface area contributed by atoms with Crippen molar-refractivity contribution >= 4 is 20.2 Å². The van der Waals surface area contributed by atoms with E-state index in [4.69, 9.17) is 15.5 Å². The first-order valence-electron chi connectivity index (χ1n) is 5.03. The van der Waals surface area contributed by atoms with Crippen molar-refractivity contribution in [1.82, 2.24) is 0 Å². The third-order valence-electron chi connectivity index (χ3n) is 2.37. The molecule has 2 aromatic rings. The van der Waals surface area contributed by atoms with Crippen molar-refractivity contribution in [3.05, 3.63) is 71.8 Å². The molecule has 0 aliphatic heterocycles. The second-order valence-electron chi connectivity index (χ2n) is 3.40. The first kappa shape index (κ1) is 11.4. The van der Waals surface area contributed by atoms with E-state index in [0.29, 0.717) is 0 Å². The Balaban J connectivity index is 2.31. The van der Waals surface area contributed by atoms with Gasteiger partial charge in [-0.15, -0.1) is 11.1 Å². The Bertz CT molecular complexity index is 379. The SMILES string of the molecule is Cl[Si]OC(c1ccccc1)c1ccccc1. The first-order valence-corrected chi connectivity index (χ1v) is 6.95. The Kier molecular flexibility index (Phi) is 4.16. The number of halogens is 1. The number of hydrogen-bond donors (Lipinski definition) is 0. The van der Waals surface area contributed by atoms with Gasteiger partial charge in [0.05, 0.1) is 6.10 Å². The predicted molar refractivity (Wildman–Crippen MR) is 67.4 cm³/mol. The summed E-state index contributed by atoms with van der Waals surface area (Å²) in [6, 6.07) is 20.2. The molecule has 80 valence electrons. The van der Waals surface area contributed by atoms with Gasteiger partial charge in [0.15, 0.2) is 0 Å². The van der Waals surface area contributed by atoms with Gasteiger partial charge < -0.3 is 4.43 Å². The van der Waals surface area contributed by atoms with Gasteiger partial charge in [0.25, 0.3) is 0 Å². The molecule has 0 N–H and O–H groups in total. The Morgan fingerprint density at radius 1 is 0.812 bits per heavy atom. The number of benzene rings is 2. The maximum absolute atomic E-state index is 5.70. The van der Waals surface area contributed by atoms with Crippen molar-refractivity contribution < 1.29 is 4.43 Å². The van der Waals surface area contributed by atoms with Crippen molar-refractivity contribution in [2.75, 3.05) is 0 Å². The van der Waals surface area contributed by atoms with Crippen LogP contribution in [0.5, 0.6) is 0 Å². The summed E-state index contributed by atoms with van der Waals surface area (Å²) in [5.74, 6) is 0. The van der Waals surface area contributed by atoms with E-state index >= 15 is 0 Å². The molecule has 0 aromatic heterocycles. The molecular formula is C13H11ClOSi. The van der Waals surface area contributed by atoms with E-state index < -0.39 is 0 Å². The lowest BCUT2D eigenvalue weighted by atomic mass is 10.0. The van der Waals surface area contributed by atoms with E-state index in [1.165, 1.54) is 0 Å². The summed E-state index contributed by atoms with van der Waals surface area (Å²) in [6.45, 7) is 0. The normalized spacial score (nSPS) is 10.6. The van der Waals surface area contributed by atoms with E-state index in [9.17, 15) is 0 Å². The van der Waals surface area contributed by atoms with E-state index in [1.807, 2.05) is 36.4 Å². The molecule has 2 rings (SSSR count). The molecule has 1 nitrogen and oxygen atoms in total. The lowest BCUT2D eigenvalue weighted by molar-refractivity contribution is 0.269. The monoisotopic (exact) mass is 246 g/mol. The van der Waals surface area contributed by atoms with Crippen LogP contribution in [0, 0.1) is 0 Å².